The van der Waals surface area contributed by atoms with Crippen LogP contribution in [0.4, 0.5) is 0 Å². The first kappa shape index (κ1) is 13.3. The fourth-order valence-corrected chi connectivity index (χ4v) is 1.92. The molecule has 1 saturated heterocycles. The molecule has 19 heavy (non-hydrogen) atoms. The Morgan fingerprint density at radius 3 is 2.79 bits per heavy atom. The number of hydrogen-bond acceptors (Lipinski definition) is 3. The summed E-state index contributed by atoms with van der Waals surface area (Å²) in [6.45, 7) is 0.995. The number of rotatable bonds is 1. The minimum Gasteiger partial charge on any atom is -0.320 e. The predicted molar refractivity (Wildman–Crippen MR) is 70.0 cm³/mol. The van der Waals surface area contributed by atoms with Crippen molar-refractivity contribution in [2.75, 3.05) is 6.54 Å². The SMILES string of the molecule is CC(=O)N1CC(=O)NC(=Cc2cccc(Cl)c2)C1=O. The van der Waals surface area contributed by atoms with Gasteiger partial charge in [0.1, 0.15) is 12.2 Å². The molecule has 1 aromatic carbocycles. The lowest BCUT2D eigenvalue weighted by Gasteiger charge is -2.25. The highest BCUT2D eigenvalue weighted by Gasteiger charge is 2.30. The van der Waals surface area contributed by atoms with E-state index in [0.29, 0.717) is 10.6 Å². The number of benzene rings is 1. The van der Waals surface area contributed by atoms with E-state index in [1.807, 2.05) is 0 Å². The van der Waals surface area contributed by atoms with Crippen molar-refractivity contribution in [3.05, 3.63) is 40.5 Å². The molecular formula is C13H11ClN2O3. The van der Waals surface area contributed by atoms with Gasteiger partial charge in [0.05, 0.1) is 0 Å². The fraction of sp³-hybridized carbons (Fsp3) is 0.154. The lowest BCUT2D eigenvalue weighted by atomic mass is 10.1. The first-order valence-corrected chi connectivity index (χ1v) is 5.95. The Kier molecular flexibility index (Phi) is 3.66. The Morgan fingerprint density at radius 1 is 1.42 bits per heavy atom. The molecule has 1 heterocycles. The average molecular weight is 279 g/mol. The summed E-state index contributed by atoms with van der Waals surface area (Å²) in [7, 11) is 0. The van der Waals surface area contributed by atoms with Crippen molar-refractivity contribution < 1.29 is 14.4 Å². The summed E-state index contributed by atoms with van der Waals surface area (Å²) in [5.41, 5.74) is 0.732. The first-order valence-electron chi connectivity index (χ1n) is 5.57. The zero-order chi connectivity index (χ0) is 14.0. The summed E-state index contributed by atoms with van der Waals surface area (Å²) in [6, 6.07) is 6.82. The van der Waals surface area contributed by atoms with Gasteiger partial charge < -0.3 is 5.32 Å². The molecule has 0 atom stereocenters. The van der Waals surface area contributed by atoms with Crippen LogP contribution in [0.15, 0.2) is 30.0 Å². The third-order valence-electron chi connectivity index (χ3n) is 2.59. The van der Waals surface area contributed by atoms with E-state index >= 15 is 0 Å². The summed E-state index contributed by atoms with van der Waals surface area (Å²) < 4.78 is 0. The summed E-state index contributed by atoms with van der Waals surface area (Å²) in [4.78, 5) is 35.6. The Hall–Kier alpha value is -2.14. The van der Waals surface area contributed by atoms with Crippen LogP contribution in [0.1, 0.15) is 12.5 Å². The van der Waals surface area contributed by atoms with Crippen LogP contribution in [0, 0.1) is 0 Å². The third-order valence-corrected chi connectivity index (χ3v) is 2.83. The van der Waals surface area contributed by atoms with Gasteiger partial charge in [0.25, 0.3) is 5.91 Å². The smallest absolute Gasteiger partial charge is 0.277 e. The highest BCUT2D eigenvalue weighted by molar-refractivity contribution is 6.30. The van der Waals surface area contributed by atoms with Gasteiger partial charge in [0, 0.05) is 11.9 Å². The predicted octanol–water partition coefficient (Wildman–Crippen LogP) is 1.19. The van der Waals surface area contributed by atoms with Crippen LogP contribution in [0.5, 0.6) is 0 Å². The highest BCUT2D eigenvalue weighted by atomic mass is 35.5. The van der Waals surface area contributed by atoms with Crippen molar-refractivity contribution in [3.8, 4) is 0 Å². The standard InChI is InChI=1S/C13H11ClN2O3/c1-8(17)16-7-12(18)15-11(13(16)19)6-9-3-2-4-10(14)5-9/h2-6H,7H2,1H3,(H,15,18). The quantitative estimate of drug-likeness (QED) is 0.785. The fourth-order valence-electron chi connectivity index (χ4n) is 1.72. The number of nitrogens with one attached hydrogen (secondary N) is 1. The topological polar surface area (TPSA) is 66.5 Å². The van der Waals surface area contributed by atoms with E-state index in [9.17, 15) is 14.4 Å². The molecular weight excluding hydrogens is 268 g/mol. The lowest BCUT2D eigenvalue weighted by molar-refractivity contribution is -0.147. The van der Waals surface area contributed by atoms with Crippen molar-refractivity contribution in [2.24, 2.45) is 0 Å². The second kappa shape index (κ2) is 5.24. The number of carbonyl (C=O) groups is 3. The Morgan fingerprint density at radius 2 is 2.16 bits per heavy atom. The Balaban J connectivity index is 2.35. The van der Waals surface area contributed by atoms with Crippen LogP contribution in [0.3, 0.4) is 0 Å². The molecule has 0 saturated carbocycles. The number of piperazine rings is 1. The van der Waals surface area contributed by atoms with Crippen LogP contribution < -0.4 is 5.32 Å². The normalized spacial score (nSPS) is 17.6. The van der Waals surface area contributed by atoms with E-state index in [1.54, 1.807) is 24.3 Å². The number of carbonyl (C=O) groups excluding carboxylic acids is 3. The van der Waals surface area contributed by atoms with Gasteiger partial charge in [-0.05, 0) is 23.8 Å². The Bertz CT molecular complexity index is 595. The summed E-state index contributed by atoms with van der Waals surface area (Å²) in [6.07, 6.45) is 1.49. The lowest BCUT2D eigenvalue weighted by Crippen LogP contribution is -2.51. The number of amides is 3. The maximum Gasteiger partial charge on any atom is 0.277 e. The van der Waals surface area contributed by atoms with Gasteiger partial charge in [-0.2, -0.15) is 0 Å². The first-order chi connectivity index (χ1) is 8.97. The third kappa shape index (κ3) is 3.00. The van der Waals surface area contributed by atoms with Crippen molar-refractivity contribution in [1.82, 2.24) is 10.2 Å². The maximum atomic E-state index is 12.0. The molecule has 2 rings (SSSR count). The van der Waals surface area contributed by atoms with Gasteiger partial charge in [0.2, 0.25) is 11.8 Å². The van der Waals surface area contributed by atoms with Crippen LogP contribution >= 0.6 is 11.6 Å². The molecule has 1 aromatic rings. The van der Waals surface area contributed by atoms with E-state index in [0.717, 1.165) is 4.90 Å². The minimum absolute atomic E-state index is 0.0636. The van der Waals surface area contributed by atoms with Gasteiger partial charge in [-0.25, -0.2) is 0 Å². The minimum atomic E-state index is -0.521. The monoisotopic (exact) mass is 278 g/mol. The number of halogens is 1. The molecule has 1 aliphatic heterocycles. The summed E-state index contributed by atoms with van der Waals surface area (Å²) >= 11 is 5.84. The van der Waals surface area contributed by atoms with Crippen molar-refractivity contribution in [1.29, 1.82) is 0 Å². The molecule has 0 aromatic heterocycles. The van der Waals surface area contributed by atoms with Crippen molar-refractivity contribution in [2.45, 2.75) is 6.92 Å². The van der Waals surface area contributed by atoms with Gasteiger partial charge in [-0.3, -0.25) is 19.3 Å². The van der Waals surface area contributed by atoms with Gasteiger partial charge >= 0.3 is 0 Å². The zero-order valence-corrected chi connectivity index (χ0v) is 10.9. The van der Waals surface area contributed by atoms with Crippen molar-refractivity contribution >= 4 is 35.4 Å². The summed E-state index contributed by atoms with van der Waals surface area (Å²) in [5, 5.41) is 2.98. The van der Waals surface area contributed by atoms with E-state index < -0.39 is 17.7 Å². The molecule has 3 amide bonds. The maximum absolute atomic E-state index is 12.0. The molecule has 0 radical (unpaired) electrons. The second-order valence-corrected chi connectivity index (χ2v) is 4.51. The molecule has 98 valence electrons. The van der Waals surface area contributed by atoms with E-state index in [2.05, 4.69) is 5.32 Å². The molecule has 0 spiro atoms. The van der Waals surface area contributed by atoms with Gasteiger partial charge in [-0.15, -0.1) is 0 Å². The molecule has 6 heteroatoms. The van der Waals surface area contributed by atoms with Crippen molar-refractivity contribution in [3.63, 3.8) is 0 Å². The zero-order valence-electron chi connectivity index (χ0n) is 10.1. The number of hydrogen-bond donors (Lipinski definition) is 1. The number of nitrogens with zero attached hydrogens (tertiary/aromatic N) is 1. The Labute approximate surface area is 114 Å². The molecule has 0 bridgehead atoms. The summed E-state index contributed by atoms with van der Waals surface area (Å²) in [5.74, 6) is -1.38. The van der Waals surface area contributed by atoms with Crippen LogP contribution in [-0.2, 0) is 14.4 Å². The molecule has 0 aliphatic carbocycles. The molecule has 1 fully saturated rings. The van der Waals surface area contributed by atoms with E-state index in [1.165, 1.54) is 13.0 Å². The molecule has 0 unspecified atom stereocenters. The molecule has 1 aliphatic rings. The number of imide groups is 1. The van der Waals surface area contributed by atoms with E-state index in [-0.39, 0.29) is 12.2 Å². The van der Waals surface area contributed by atoms with Crippen LogP contribution in [0.2, 0.25) is 5.02 Å². The largest absolute Gasteiger partial charge is 0.320 e. The molecule has 5 nitrogen and oxygen atoms in total. The van der Waals surface area contributed by atoms with E-state index in [4.69, 9.17) is 11.6 Å². The van der Waals surface area contributed by atoms with Crippen LogP contribution in [0.25, 0.3) is 6.08 Å². The second-order valence-electron chi connectivity index (χ2n) is 4.07. The average Bonchev–Trinajstić information content (AvgIpc) is 2.33. The van der Waals surface area contributed by atoms with Gasteiger partial charge in [0.15, 0.2) is 0 Å². The van der Waals surface area contributed by atoms with Gasteiger partial charge in [-0.1, -0.05) is 23.7 Å². The molecule has 1 N–H and O–H groups in total. The highest BCUT2D eigenvalue weighted by Crippen LogP contribution is 2.15. The van der Waals surface area contributed by atoms with Crippen LogP contribution in [-0.4, -0.2) is 29.2 Å².